The summed E-state index contributed by atoms with van der Waals surface area (Å²) in [6.07, 6.45) is -0.942. The summed E-state index contributed by atoms with van der Waals surface area (Å²) in [6.45, 7) is 0.0554. The summed E-state index contributed by atoms with van der Waals surface area (Å²) in [5.74, 6) is -1.53. The van der Waals surface area contributed by atoms with Crippen molar-refractivity contribution in [1.29, 1.82) is 0 Å². The highest BCUT2D eigenvalue weighted by atomic mass is 19.3. The number of alkyl halides is 2. The van der Waals surface area contributed by atoms with Gasteiger partial charge in [0.15, 0.2) is 11.9 Å². The number of carbonyl (C=O) groups is 2. The van der Waals surface area contributed by atoms with E-state index >= 15 is 0 Å². The van der Waals surface area contributed by atoms with E-state index < -0.39 is 30.2 Å². The van der Waals surface area contributed by atoms with Crippen molar-refractivity contribution in [1.82, 2.24) is 9.55 Å². The first kappa shape index (κ1) is 19.0. The predicted octanol–water partition coefficient (Wildman–Crippen LogP) is 4.21. The summed E-state index contributed by atoms with van der Waals surface area (Å²) < 4.78 is 38.8. The molecule has 1 aliphatic heterocycles. The van der Waals surface area contributed by atoms with Crippen LogP contribution in [-0.4, -0.2) is 27.1 Å². The van der Waals surface area contributed by atoms with Crippen LogP contribution >= 0.6 is 0 Å². The van der Waals surface area contributed by atoms with E-state index in [9.17, 15) is 18.4 Å². The fourth-order valence-electron chi connectivity index (χ4n) is 3.54. The van der Waals surface area contributed by atoms with Gasteiger partial charge in [-0.1, -0.05) is 30.3 Å². The molecule has 0 saturated heterocycles. The SMILES string of the molecule is C[C@@H](OC(=O)[C@@]1(C)Cc2ccccc2C(=O)O1)c1nc2ccccc2n1C(F)F. The van der Waals surface area contributed by atoms with Crippen molar-refractivity contribution in [2.75, 3.05) is 0 Å². The van der Waals surface area contributed by atoms with Crippen LogP contribution in [-0.2, 0) is 20.7 Å². The van der Waals surface area contributed by atoms with Gasteiger partial charge in [0.2, 0.25) is 5.60 Å². The molecule has 2 aromatic carbocycles. The molecule has 0 N–H and O–H groups in total. The minimum absolute atomic E-state index is 0.0827. The van der Waals surface area contributed by atoms with E-state index in [1.807, 2.05) is 0 Å². The first-order valence-electron chi connectivity index (χ1n) is 9.07. The van der Waals surface area contributed by atoms with E-state index in [0.29, 0.717) is 16.6 Å². The third-order valence-corrected chi connectivity index (χ3v) is 4.98. The van der Waals surface area contributed by atoms with Crippen molar-refractivity contribution >= 4 is 23.0 Å². The van der Waals surface area contributed by atoms with Gasteiger partial charge in [-0.3, -0.25) is 4.57 Å². The van der Waals surface area contributed by atoms with Crippen molar-refractivity contribution in [3.8, 4) is 0 Å². The lowest BCUT2D eigenvalue weighted by Crippen LogP contribution is -2.47. The molecule has 29 heavy (non-hydrogen) atoms. The highest BCUT2D eigenvalue weighted by Crippen LogP contribution is 2.32. The average Bonchev–Trinajstić information content (AvgIpc) is 3.08. The number of carbonyl (C=O) groups excluding carboxylic acids is 2. The molecule has 0 fully saturated rings. The molecule has 0 spiro atoms. The lowest BCUT2D eigenvalue weighted by Gasteiger charge is -2.33. The summed E-state index contributed by atoms with van der Waals surface area (Å²) in [5, 5.41) is 0. The van der Waals surface area contributed by atoms with Crippen LogP contribution < -0.4 is 0 Å². The number of hydrogen-bond donors (Lipinski definition) is 0. The van der Waals surface area contributed by atoms with Crippen molar-refractivity contribution < 1.29 is 27.8 Å². The van der Waals surface area contributed by atoms with Crippen LogP contribution in [0.15, 0.2) is 48.5 Å². The van der Waals surface area contributed by atoms with E-state index in [2.05, 4.69) is 4.98 Å². The van der Waals surface area contributed by atoms with Crippen LogP contribution in [0.2, 0.25) is 0 Å². The van der Waals surface area contributed by atoms with Crippen molar-refractivity contribution in [3.05, 3.63) is 65.5 Å². The number of esters is 2. The number of fused-ring (bicyclic) bond motifs is 2. The highest BCUT2D eigenvalue weighted by Gasteiger charge is 2.45. The molecule has 0 saturated carbocycles. The smallest absolute Gasteiger partial charge is 0.351 e. The summed E-state index contributed by atoms with van der Waals surface area (Å²) in [4.78, 5) is 29.3. The Labute approximate surface area is 165 Å². The number of imidazole rings is 1. The number of aromatic nitrogens is 2. The Hall–Kier alpha value is -3.29. The molecule has 1 aliphatic rings. The van der Waals surface area contributed by atoms with Gasteiger partial charge in [-0.15, -0.1) is 0 Å². The molecule has 0 aliphatic carbocycles. The van der Waals surface area contributed by atoms with E-state index in [1.54, 1.807) is 42.5 Å². The molecule has 6 nitrogen and oxygen atoms in total. The largest absolute Gasteiger partial charge is 0.452 e. The number of benzene rings is 2. The third-order valence-electron chi connectivity index (χ3n) is 4.98. The van der Waals surface area contributed by atoms with Gasteiger partial charge in [0.05, 0.1) is 16.6 Å². The first-order valence-corrected chi connectivity index (χ1v) is 9.07. The quantitative estimate of drug-likeness (QED) is 0.614. The van der Waals surface area contributed by atoms with Gasteiger partial charge in [0.1, 0.15) is 0 Å². The van der Waals surface area contributed by atoms with Crippen LogP contribution in [0.5, 0.6) is 0 Å². The zero-order valence-corrected chi connectivity index (χ0v) is 15.8. The second kappa shape index (κ2) is 6.95. The number of nitrogens with zero attached hydrogens (tertiary/aromatic N) is 2. The number of para-hydroxylation sites is 2. The molecule has 0 amide bonds. The lowest BCUT2D eigenvalue weighted by molar-refractivity contribution is -0.171. The third kappa shape index (κ3) is 3.24. The lowest BCUT2D eigenvalue weighted by atomic mass is 9.90. The molecule has 0 bridgehead atoms. The fraction of sp³-hybridized carbons (Fsp3) is 0.286. The number of rotatable bonds is 4. The van der Waals surface area contributed by atoms with E-state index in [4.69, 9.17) is 9.47 Å². The van der Waals surface area contributed by atoms with Crippen LogP contribution in [0.1, 0.15) is 48.2 Å². The predicted molar refractivity (Wildman–Crippen MR) is 99.5 cm³/mol. The number of hydrogen-bond acceptors (Lipinski definition) is 5. The Bertz CT molecular complexity index is 1110. The molecule has 8 heteroatoms. The summed E-state index contributed by atoms with van der Waals surface area (Å²) in [7, 11) is 0. The second-order valence-electron chi connectivity index (χ2n) is 7.11. The molecule has 150 valence electrons. The standard InChI is InChI=1S/C21H18F2N2O4/c1-12(17-24-15-9-5-6-10-16(15)25(17)20(22)23)28-19(27)21(2)11-13-7-3-4-8-14(13)18(26)29-21/h3-10,12,20H,11H2,1-2H3/t12-,21-/m1/s1. The Morgan fingerprint density at radius 3 is 2.66 bits per heavy atom. The minimum Gasteiger partial charge on any atom is -0.452 e. The maximum atomic E-state index is 13.6. The number of ether oxygens (including phenoxy) is 2. The Balaban J connectivity index is 1.62. The minimum atomic E-state index is -2.85. The van der Waals surface area contributed by atoms with Gasteiger partial charge in [-0.05, 0) is 37.6 Å². The van der Waals surface area contributed by atoms with E-state index in [0.717, 1.165) is 4.57 Å². The summed E-state index contributed by atoms with van der Waals surface area (Å²) in [6, 6.07) is 13.3. The van der Waals surface area contributed by atoms with Gasteiger partial charge in [-0.25, -0.2) is 14.6 Å². The molecule has 2 atom stereocenters. The molecule has 0 radical (unpaired) electrons. The van der Waals surface area contributed by atoms with Crippen LogP contribution in [0, 0.1) is 0 Å². The fourth-order valence-corrected chi connectivity index (χ4v) is 3.54. The summed E-state index contributed by atoms with van der Waals surface area (Å²) in [5.41, 5.74) is 0.113. The van der Waals surface area contributed by atoms with Gasteiger partial charge in [0.25, 0.3) is 0 Å². The number of halogens is 2. The highest BCUT2D eigenvalue weighted by molar-refractivity contribution is 5.96. The monoisotopic (exact) mass is 400 g/mol. The Morgan fingerprint density at radius 2 is 1.90 bits per heavy atom. The average molecular weight is 400 g/mol. The second-order valence-corrected chi connectivity index (χ2v) is 7.11. The van der Waals surface area contributed by atoms with Crippen LogP contribution in [0.25, 0.3) is 11.0 Å². The maximum Gasteiger partial charge on any atom is 0.351 e. The molecular formula is C21H18F2N2O4. The van der Waals surface area contributed by atoms with Gasteiger partial charge >= 0.3 is 18.5 Å². The Kier molecular flexibility index (Phi) is 4.56. The van der Waals surface area contributed by atoms with E-state index in [-0.39, 0.29) is 17.8 Å². The first-order chi connectivity index (χ1) is 13.8. The molecule has 3 aromatic rings. The maximum absolute atomic E-state index is 13.6. The van der Waals surface area contributed by atoms with Crippen molar-refractivity contribution in [3.63, 3.8) is 0 Å². The molecule has 0 unspecified atom stereocenters. The zero-order valence-electron chi connectivity index (χ0n) is 15.8. The van der Waals surface area contributed by atoms with Crippen molar-refractivity contribution in [2.24, 2.45) is 0 Å². The van der Waals surface area contributed by atoms with Gasteiger partial charge in [0, 0.05) is 6.42 Å². The van der Waals surface area contributed by atoms with Crippen LogP contribution in [0.3, 0.4) is 0 Å². The van der Waals surface area contributed by atoms with Gasteiger partial charge < -0.3 is 9.47 Å². The van der Waals surface area contributed by atoms with Gasteiger partial charge in [-0.2, -0.15) is 8.78 Å². The molecular weight excluding hydrogens is 382 g/mol. The topological polar surface area (TPSA) is 70.4 Å². The normalized spacial score (nSPS) is 19.7. The molecule has 1 aromatic heterocycles. The Morgan fingerprint density at radius 1 is 1.21 bits per heavy atom. The van der Waals surface area contributed by atoms with Crippen molar-refractivity contribution in [2.45, 2.75) is 38.5 Å². The summed E-state index contributed by atoms with van der Waals surface area (Å²) >= 11 is 0. The van der Waals surface area contributed by atoms with Crippen LogP contribution in [0.4, 0.5) is 8.78 Å². The number of cyclic esters (lactones) is 1. The zero-order chi connectivity index (χ0) is 20.8. The molecule has 4 rings (SSSR count). The van der Waals surface area contributed by atoms with E-state index in [1.165, 1.54) is 19.9 Å². The molecule has 2 heterocycles.